The van der Waals surface area contributed by atoms with Crippen LogP contribution in [0.3, 0.4) is 0 Å². The highest BCUT2D eigenvalue weighted by Crippen LogP contribution is 2.25. The van der Waals surface area contributed by atoms with Crippen LogP contribution in [0.5, 0.6) is 0 Å². The molecule has 2 heterocycles. The molecule has 0 aliphatic rings. The monoisotopic (exact) mass is 373 g/mol. The molecule has 0 spiro atoms. The Morgan fingerprint density at radius 1 is 1.31 bits per heavy atom. The van der Waals surface area contributed by atoms with E-state index in [1.807, 2.05) is 19.1 Å². The summed E-state index contributed by atoms with van der Waals surface area (Å²) in [6.07, 6.45) is -0.192. The molecule has 7 heteroatoms. The minimum absolute atomic E-state index is 0.192. The van der Waals surface area contributed by atoms with E-state index in [2.05, 4.69) is 10.4 Å². The van der Waals surface area contributed by atoms with Crippen LogP contribution in [-0.2, 0) is 11.8 Å². The number of carbonyl (C=O) groups excluding carboxylic acids is 1. The van der Waals surface area contributed by atoms with E-state index in [-0.39, 0.29) is 17.8 Å². The van der Waals surface area contributed by atoms with Gasteiger partial charge in [0.15, 0.2) is 0 Å². The molecular weight excluding hydrogens is 353 g/mol. The lowest BCUT2D eigenvalue weighted by Gasteiger charge is -2.14. The number of ether oxygens (including phenoxy) is 1. The number of nitrogens with zero attached hydrogens (tertiary/aromatic N) is 2. The van der Waals surface area contributed by atoms with Crippen LogP contribution < -0.4 is 5.32 Å². The maximum absolute atomic E-state index is 13.1. The van der Waals surface area contributed by atoms with E-state index in [1.165, 1.54) is 21.7 Å². The minimum atomic E-state index is -0.308. The van der Waals surface area contributed by atoms with E-state index < -0.39 is 0 Å². The van der Waals surface area contributed by atoms with Gasteiger partial charge >= 0.3 is 0 Å². The minimum Gasteiger partial charge on any atom is -0.374 e. The normalized spacial score (nSPS) is 12.2. The molecule has 0 aliphatic heterocycles. The van der Waals surface area contributed by atoms with Crippen molar-refractivity contribution in [1.82, 2.24) is 15.1 Å². The van der Waals surface area contributed by atoms with Crippen LogP contribution in [-0.4, -0.2) is 29.3 Å². The average Bonchev–Trinajstić information content (AvgIpc) is 3.22. The molecule has 3 rings (SSSR count). The summed E-state index contributed by atoms with van der Waals surface area (Å²) in [5.74, 6) is -0.541. The molecule has 1 N–H and O–H groups in total. The number of hydrogen-bond donors (Lipinski definition) is 1. The number of hydrogen-bond acceptors (Lipinski definition) is 4. The van der Waals surface area contributed by atoms with Crippen molar-refractivity contribution in [3.63, 3.8) is 0 Å². The maximum atomic E-state index is 13.1. The van der Waals surface area contributed by atoms with Crippen molar-refractivity contribution in [1.29, 1.82) is 0 Å². The lowest BCUT2D eigenvalue weighted by atomic mass is 10.1. The Morgan fingerprint density at radius 2 is 2.04 bits per heavy atom. The summed E-state index contributed by atoms with van der Waals surface area (Å²) in [7, 11) is 3.33. The van der Waals surface area contributed by atoms with Gasteiger partial charge in [0.2, 0.25) is 0 Å². The second-order valence-electron chi connectivity index (χ2n) is 5.93. The fraction of sp³-hybridized carbons (Fsp3) is 0.263. The number of halogens is 1. The first kappa shape index (κ1) is 18.3. The molecule has 0 aliphatic carbocycles. The first-order valence-electron chi connectivity index (χ1n) is 8.15. The highest BCUT2D eigenvalue weighted by atomic mass is 32.1. The van der Waals surface area contributed by atoms with Crippen molar-refractivity contribution in [2.75, 3.05) is 13.7 Å². The summed E-state index contributed by atoms with van der Waals surface area (Å²) < 4.78 is 20.1. The SMILES string of the molecule is CO[C@H](CNC(=O)c1cc(-c2ccc(F)cc2)nn1C)c1ccc(C)s1. The molecule has 0 bridgehead atoms. The van der Waals surface area contributed by atoms with Crippen molar-refractivity contribution >= 4 is 17.2 Å². The predicted octanol–water partition coefficient (Wildman–Crippen LogP) is 3.71. The van der Waals surface area contributed by atoms with Crippen molar-refractivity contribution in [2.45, 2.75) is 13.0 Å². The molecule has 1 amide bonds. The fourth-order valence-electron chi connectivity index (χ4n) is 2.64. The standard InChI is InChI=1S/C19H20FN3O2S/c1-12-4-9-18(26-12)17(25-3)11-21-19(24)16-10-15(22-23(16)2)13-5-7-14(20)8-6-13/h4-10,17H,11H2,1-3H3,(H,21,24)/t17-/m1/s1. The zero-order valence-corrected chi connectivity index (χ0v) is 15.6. The van der Waals surface area contributed by atoms with Gasteiger partial charge in [-0.3, -0.25) is 9.48 Å². The summed E-state index contributed by atoms with van der Waals surface area (Å²) in [4.78, 5) is 14.8. The van der Waals surface area contributed by atoms with Gasteiger partial charge in [-0.25, -0.2) is 4.39 Å². The van der Waals surface area contributed by atoms with Crippen LogP contribution in [0.2, 0.25) is 0 Å². The summed E-state index contributed by atoms with van der Waals surface area (Å²) in [5.41, 5.74) is 1.81. The van der Waals surface area contributed by atoms with Crippen molar-refractivity contribution < 1.29 is 13.9 Å². The van der Waals surface area contributed by atoms with Crippen molar-refractivity contribution in [3.8, 4) is 11.3 Å². The Hall–Kier alpha value is -2.51. The Kier molecular flexibility index (Phi) is 5.49. The molecule has 2 aromatic heterocycles. The molecule has 3 aromatic rings. The highest BCUT2D eigenvalue weighted by molar-refractivity contribution is 7.12. The number of amides is 1. The van der Waals surface area contributed by atoms with Crippen LogP contribution in [0.25, 0.3) is 11.3 Å². The molecule has 136 valence electrons. The quantitative estimate of drug-likeness (QED) is 0.717. The lowest BCUT2D eigenvalue weighted by molar-refractivity contribution is 0.0830. The van der Waals surface area contributed by atoms with E-state index in [0.717, 1.165) is 10.4 Å². The number of rotatable bonds is 6. The van der Waals surface area contributed by atoms with Gasteiger partial charge < -0.3 is 10.1 Å². The topological polar surface area (TPSA) is 56.1 Å². The Balaban J connectivity index is 1.70. The molecule has 0 radical (unpaired) electrons. The predicted molar refractivity (Wildman–Crippen MR) is 99.7 cm³/mol. The maximum Gasteiger partial charge on any atom is 0.269 e. The summed E-state index contributed by atoms with van der Waals surface area (Å²) in [5, 5.41) is 7.24. The van der Waals surface area contributed by atoms with Gasteiger partial charge in [-0.15, -0.1) is 11.3 Å². The zero-order valence-electron chi connectivity index (χ0n) is 14.8. The summed E-state index contributed by atoms with van der Waals surface area (Å²) >= 11 is 1.65. The molecule has 26 heavy (non-hydrogen) atoms. The second-order valence-corrected chi connectivity index (χ2v) is 7.25. The molecular formula is C19H20FN3O2S. The Morgan fingerprint density at radius 3 is 2.65 bits per heavy atom. The molecule has 0 saturated heterocycles. The van der Waals surface area contributed by atoms with Gasteiger partial charge in [0.1, 0.15) is 17.6 Å². The molecule has 0 unspecified atom stereocenters. The Bertz CT molecular complexity index is 902. The number of methoxy groups -OCH3 is 1. The first-order valence-corrected chi connectivity index (χ1v) is 8.97. The number of nitrogens with one attached hydrogen (secondary N) is 1. The summed E-state index contributed by atoms with van der Waals surface area (Å²) in [6.45, 7) is 2.40. The zero-order chi connectivity index (χ0) is 18.7. The molecule has 1 aromatic carbocycles. The van der Waals surface area contributed by atoms with Crippen LogP contribution in [0.4, 0.5) is 4.39 Å². The summed E-state index contributed by atoms with van der Waals surface area (Å²) in [6, 6.07) is 11.8. The third-order valence-electron chi connectivity index (χ3n) is 4.06. The third kappa shape index (κ3) is 4.00. The van der Waals surface area contributed by atoms with E-state index >= 15 is 0 Å². The van der Waals surface area contributed by atoms with Gasteiger partial charge in [-0.05, 0) is 49.4 Å². The number of aryl methyl sites for hydroxylation is 2. The fourth-order valence-corrected chi connectivity index (χ4v) is 3.60. The van der Waals surface area contributed by atoms with Gasteiger partial charge in [0.25, 0.3) is 5.91 Å². The second kappa shape index (κ2) is 7.80. The molecule has 1 atom stereocenters. The molecule has 5 nitrogen and oxygen atoms in total. The average molecular weight is 373 g/mol. The smallest absolute Gasteiger partial charge is 0.269 e. The van der Waals surface area contributed by atoms with Crippen molar-refractivity contribution in [2.24, 2.45) is 7.05 Å². The van der Waals surface area contributed by atoms with Crippen LogP contribution in [0, 0.1) is 12.7 Å². The largest absolute Gasteiger partial charge is 0.374 e. The number of thiophene rings is 1. The van der Waals surface area contributed by atoms with Crippen LogP contribution in [0.1, 0.15) is 26.3 Å². The third-order valence-corrected chi connectivity index (χ3v) is 5.16. The van der Waals surface area contributed by atoms with Crippen molar-refractivity contribution in [3.05, 3.63) is 63.7 Å². The van der Waals surface area contributed by atoms with E-state index in [0.29, 0.717) is 17.9 Å². The van der Waals surface area contributed by atoms with Crippen LogP contribution >= 0.6 is 11.3 Å². The lowest BCUT2D eigenvalue weighted by Crippen LogP contribution is -2.30. The molecule has 0 saturated carbocycles. The molecule has 0 fully saturated rings. The van der Waals surface area contributed by atoms with Gasteiger partial charge in [0.05, 0.1) is 5.69 Å². The van der Waals surface area contributed by atoms with E-state index in [4.69, 9.17) is 4.74 Å². The number of benzene rings is 1. The van der Waals surface area contributed by atoms with Crippen LogP contribution in [0.15, 0.2) is 42.5 Å². The number of aromatic nitrogens is 2. The van der Waals surface area contributed by atoms with E-state index in [9.17, 15) is 9.18 Å². The first-order chi connectivity index (χ1) is 12.5. The van der Waals surface area contributed by atoms with E-state index in [1.54, 1.807) is 43.7 Å². The van der Waals surface area contributed by atoms with Gasteiger partial charge in [0, 0.05) is 36.0 Å². The Labute approximate surface area is 155 Å². The highest BCUT2D eigenvalue weighted by Gasteiger charge is 2.18. The number of carbonyl (C=O) groups is 1. The van der Waals surface area contributed by atoms with Gasteiger partial charge in [-0.1, -0.05) is 0 Å². The van der Waals surface area contributed by atoms with Gasteiger partial charge in [-0.2, -0.15) is 5.10 Å².